The quantitative estimate of drug-likeness (QED) is 0.556. The highest BCUT2D eigenvalue weighted by Gasteiger charge is 2.12. The van der Waals surface area contributed by atoms with Crippen molar-refractivity contribution in [3.63, 3.8) is 0 Å². The highest BCUT2D eigenvalue weighted by atomic mass is 32.2. The SMILES string of the molecule is NNc1ccc(S(=O)(=O)NCCc2ccccc2)cc1. The Labute approximate surface area is 118 Å². The number of nitrogen functional groups attached to an aromatic ring is 1. The first-order chi connectivity index (χ1) is 9.62. The molecule has 0 heterocycles. The van der Waals surface area contributed by atoms with E-state index < -0.39 is 10.0 Å². The van der Waals surface area contributed by atoms with Crippen molar-refractivity contribution in [3.05, 3.63) is 60.2 Å². The normalized spacial score (nSPS) is 11.2. The van der Waals surface area contributed by atoms with E-state index in [-0.39, 0.29) is 4.90 Å². The van der Waals surface area contributed by atoms with E-state index in [9.17, 15) is 8.42 Å². The fraction of sp³-hybridized carbons (Fsp3) is 0.143. The van der Waals surface area contributed by atoms with Crippen molar-refractivity contribution in [1.82, 2.24) is 4.72 Å². The fourth-order valence-electron chi connectivity index (χ4n) is 1.79. The third kappa shape index (κ3) is 3.80. The molecule has 20 heavy (non-hydrogen) atoms. The molecule has 0 radical (unpaired) electrons. The van der Waals surface area contributed by atoms with Gasteiger partial charge in [-0.25, -0.2) is 13.1 Å². The molecule has 4 N–H and O–H groups in total. The lowest BCUT2D eigenvalue weighted by molar-refractivity contribution is 0.581. The van der Waals surface area contributed by atoms with Crippen LogP contribution in [0.2, 0.25) is 0 Å². The minimum Gasteiger partial charge on any atom is -0.324 e. The predicted molar refractivity (Wildman–Crippen MR) is 79.6 cm³/mol. The second kappa shape index (κ2) is 6.51. The summed E-state index contributed by atoms with van der Waals surface area (Å²) in [6, 6.07) is 16.0. The van der Waals surface area contributed by atoms with Gasteiger partial charge in [0.2, 0.25) is 10.0 Å². The molecule has 6 heteroatoms. The van der Waals surface area contributed by atoms with Crippen molar-refractivity contribution in [1.29, 1.82) is 0 Å². The lowest BCUT2D eigenvalue weighted by Gasteiger charge is -2.07. The van der Waals surface area contributed by atoms with Crippen LogP contribution in [0.3, 0.4) is 0 Å². The first kappa shape index (κ1) is 14.5. The zero-order valence-electron chi connectivity index (χ0n) is 10.9. The Morgan fingerprint density at radius 1 is 0.950 bits per heavy atom. The van der Waals surface area contributed by atoms with Gasteiger partial charge >= 0.3 is 0 Å². The summed E-state index contributed by atoms with van der Waals surface area (Å²) >= 11 is 0. The van der Waals surface area contributed by atoms with E-state index >= 15 is 0 Å². The number of anilines is 1. The highest BCUT2D eigenvalue weighted by molar-refractivity contribution is 7.89. The Morgan fingerprint density at radius 2 is 1.60 bits per heavy atom. The summed E-state index contributed by atoms with van der Waals surface area (Å²) < 4.78 is 26.7. The molecule has 2 aromatic carbocycles. The number of nitrogens with two attached hydrogens (primary N) is 1. The van der Waals surface area contributed by atoms with Gasteiger partial charge in [0.15, 0.2) is 0 Å². The van der Waals surface area contributed by atoms with E-state index in [4.69, 9.17) is 5.84 Å². The smallest absolute Gasteiger partial charge is 0.240 e. The summed E-state index contributed by atoms with van der Waals surface area (Å²) in [6.07, 6.45) is 0.655. The van der Waals surface area contributed by atoms with Crippen LogP contribution in [-0.2, 0) is 16.4 Å². The van der Waals surface area contributed by atoms with Crippen molar-refractivity contribution in [2.45, 2.75) is 11.3 Å². The fourth-order valence-corrected chi connectivity index (χ4v) is 2.82. The van der Waals surface area contributed by atoms with E-state index in [1.54, 1.807) is 12.1 Å². The minimum absolute atomic E-state index is 0.226. The largest absolute Gasteiger partial charge is 0.324 e. The van der Waals surface area contributed by atoms with Gasteiger partial charge in [0.1, 0.15) is 0 Å². The number of hydrogen-bond donors (Lipinski definition) is 3. The predicted octanol–water partition coefficient (Wildman–Crippen LogP) is 1.49. The van der Waals surface area contributed by atoms with Gasteiger partial charge < -0.3 is 5.43 Å². The number of hydrazine groups is 1. The van der Waals surface area contributed by atoms with Crippen LogP contribution in [0, 0.1) is 0 Å². The average molecular weight is 291 g/mol. The van der Waals surface area contributed by atoms with Crippen LogP contribution in [0.15, 0.2) is 59.5 Å². The first-order valence-electron chi connectivity index (χ1n) is 6.22. The Hall–Kier alpha value is -1.89. The van der Waals surface area contributed by atoms with Crippen LogP contribution in [0.25, 0.3) is 0 Å². The molecule has 0 unspecified atom stereocenters. The summed E-state index contributed by atoms with van der Waals surface area (Å²) in [6.45, 7) is 0.364. The van der Waals surface area contributed by atoms with Gasteiger partial charge in [0.25, 0.3) is 0 Å². The number of rotatable bonds is 6. The molecule has 0 aliphatic heterocycles. The molecule has 0 aliphatic rings. The van der Waals surface area contributed by atoms with Crippen LogP contribution in [0.5, 0.6) is 0 Å². The van der Waals surface area contributed by atoms with E-state index in [1.165, 1.54) is 12.1 Å². The summed E-state index contributed by atoms with van der Waals surface area (Å²) in [7, 11) is -3.47. The Balaban J connectivity index is 1.96. The second-order valence-corrected chi connectivity index (χ2v) is 6.07. The van der Waals surface area contributed by atoms with Gasteiger partial charge in [-0.3, -0.25) is 5.84 Å². The Morgan fingerprint density at radius 3 is 2.20 bits per heavy atom. The number of benzene rings is 2. The molecule has 0 fully saturated rings. The zero-order valence-corrected chi connectivity index (χ0v) is 11.7. The van der Waals surface area contributed by atoms with E-state index in [1.807, 2.05) is 30.3 Å². The zero-order chi connectivity index (χ0) is 14.4. The molecule has 0 saturated carbocycles. The number of sulfonamides is 1. The van der Waals surface area contributed by atoms with Crippen molar-refractivity contribution >= 4 is 15.7 Å². The van der Waals surface area contributed by atoms with Gasteiger partial charge in [-0.05, 0) is 36.2 Å². The third-order valence-corrected chi connectivity index (χ3v) is 4.36. The summed E-state index contributed by atoms with van der Waals surface area (Å²) in [5.74, 6) is 5.24. The van der Waals surface area contributed by atoms with Gasteiger partial charge in [-0.2, -0.15) is 0 Å². The molecular formula is C14H17N3O2S. The lowest BCUT2D eigenvalue weighted by Crippen LogP contribution is -2.26. The van der Waals surface area contributed by atoms with Gasteiger partial charge in [0, 0.05) is 12.2 Å². The highest BCUT2D eigenvalue weighted by Crippen LogP contribution is 2.12. The molecule has 0 aliphatic carbocycles. The summed E-state index contributed by atoms with van der Waals surface area (Å²) in [5, 5.41) is 0. The van der Waals surface area contributed by atoms with Crippen molar-refractivity contribution in [3.8, 4) is 0 Å². The van der Waals surface area contributed by atoms with Crippen LogP contribution < -0.4 is 16.0 Å². The maximum atomic E-state index is 12.1. The second-order valence-electron chi connectivity index (χ2n) is 4.30. The first-order valence-corrected chi connectivity index (χ1v) is 7.70. The van der Waals surface area contributed by atoms with E-state index in [0.717, 1.165) is 5.56 Å². The molecule has 5 nitrogen and oxygen atoms in total. The Bertz CT molecular complexity index is 640. The van der Waals surface area contributed by atoms with Gasteiger partial charge in [-0.15, -0.1) is 0 Å². The topological polar surface area (TPSA) is 84.2 Å². The molecule has 0 saturated heterocycles. The Kier molecular flexibility index (Phi) is 4.73. The van der Waals surface area contributed by atoms with E-state index in [2.05, 4.69) is 10.1 Å². The van der Waals surface area contributed by atoms with Crippen LogP contribution in [0.4, 0.5) is 5.69 Å². The number of hydrogen-bond acceptors (Lipinski definition) is 4. The summed E-state index contributed by atoms with van der Waals surface area (Å²) in [5.41, 5.74) is 4.21. The standard InChI is InChI=1S/C14H17N3O2S/c15-17-13-6-8-14(9-7-13)20(18,19)16-11-10-12-4-2-1-3-5-12/h1-9,16-17H,10-11,15H2. The van der Waals surface area contributed by atoms with Crippen LogP contribution in [0.1, 0.15) is 5.56 Å². The molecular weight excluding hydrogens is 274 g/mol. The molecule has 106 valence electrons. The molecule has 0 spiro atoms. The molecule has 0 aromatic heterocycles. The average Bonchev–Trinajstić information content (AvgIpc) is 2.48. The van der Waals surface area contributed by atoms with Crippen LogP contribution >= 0.6 is 0 Å². The van der Waals surface area contributed by atoms with E-state index in [0.29, 0.717) is 18.7 Å². The maximum Gasteiger partial charge on any atom is 0.240 e. The minimum atomic E-state index is -3.47. The molecule has 0 amide bonds. The summed E-state index contributed by atoms with van der Waals surface area (Å²) in [4.78, 5) is 0.226. The van der Waals surface area contributed by atoms with Gasteiger partial charge in [-0.1, -0.05) is 30.3 Å². The molecule has 2 aromatic rings. The van der Waals surface area contributed by atoms with Crippen molar-refractivity contribution in [2.24, 2.45) is 5.84 Å². The maximum absolute atomic E-state index is 12.1. The molecule has 0 bridgehead atoms. The monoisotopic (exact) mass is 291 g/mol. The lowest BCUT2D eigenvalue weighted by atomic mass is 10.2. The van der Waals surface area contributed by atoms with Crippen molar-refractivity contribution in [2.75, 3.05) is 12.0 Å². The third-order valence-electron chi connectivity index (χ3n) is 2.88. The van der Waals surface area contributed by atoms with Gasteiger partial charge in [0.05, 0.1) is 4.90 Å². The van der Waals surface area contributed by atoms with Crippen LogP contribution in [-0.4, -0.2) is 15.0 Å². The number of nitrogens with one attached hydrogen (secondary N) is 2. The molecule has 0 atom stereocenters. The van der Waals surface area contributed by atoms with Crippen molar-refractivity contribution < 1.29 is 8.42 Å². The molecule has 2 rings (SSSR count).